The van der Waals surface area contributed by atoms with Crippen molar-refractivity contribution in [3.05, 3.63) is 36.0 Å². The van der Waals surface area contributed by atoms with Crippen molar-refractivity contribution in [2.24, 2.45) is 0 Å². The fraction of sp³-hybridized carbons (Fsp3) is 0.812. The second-order valence-corrected chi connectivity index (χ2v) is 13.0. The summed E-state index contributed by atoms with van der Waals surface area (Å²) in [6.45, 7) is 11.6. The third-order valence-corrected chi connectivity index (χ3v) is 8.57. The van der Waals surface area contributed by atoms with Gasteiger partial charge in [0.2, 0.25) is 0 Å². The highest BCUT2D eigenvalue weighted by Crippen LogP contribution is 2.30. The number of hydrogen-bond donors (Lipinski definition) is 9. The summed E-state index contributed by atoms with van der Waals surface area (Å²) in [7, 11) is 0. The summed E-state index contributed by atoms with van der Waals surface area (Å²) < 4.78 is 22.7. The quantitative estimate of drug-likeness (QED) is 0.0945. The van der Waals surface area contributed by atoms with Crippen LogP contribution in [0.25, 0.3) is 0 Å². The molecule has 0 bridgehead atoms. The van der Waals surface area contributed by atoms with Crippen LogP contribution in [0, 0.1) is 0 Å². The summed E-state index contributed by atoms with van der Waals surface area (Å²) in [6, 6.07) is 0. The molecule has 2 saturated heterocycles. The molecule has 0 amide bonds. The lowest BCUT2D eigenvalue weighted by atomic mass is 9.94. The van der Waals surface area contributed by atoms with E-state index in [1.54, 1.807) is 26.8 Å². The molecule has 0 aromatic carbocycles. The van der Waals surface area contributed by atoms with E-state index in [2.05, 4.69) is 18.7 Å². The van der Waals surface area contributed by atoms with Gasteiger partial charge < -0.3 is 64.9 Å². The minimum atomic E-state index is -1.57. The van der Waals surface area contributed by atoms with Crippen molar-refractivity contribution in [1.29, 1.82) is 0 Å². The van der Waals surface area contributed by atoms with Gasteiger partial charge in [0.25, 0.3) is 0 Å². The molecular weight excluding hydrogens is 592 g/mol. The SMILES string of the molecule is C=CC(C)(CC/C=C(\C)CC/C=C(\C)CCC(OC1OC(CO)C(O)C(O)C1O)C(C)(C)O)OC1OC(CO)C(O)C(O)C1O. The summed E-state index contributed by atoms with van der Waals surface area (Å²) in [5.74, 6) is 0. The zero-order chi connectivity index (χ0) is 34.1. The number of aliphatic hydroxyl groups is 9. The minimum Gasteiger partial charge on any atom is -0.394 e. The molecule has 13 heteroatoms. The Morgan fingerprint density at radius 2 is 1.24 bits per heavy atom. The first-order valence-corrected chi connectivity index (χ1v) is 15.6. The van der Waals surface area contributed by atoms with Crippen molar-refractivity contribution >= 4 is 0 Å². The van der Waals surface area contributed by atoms with E-state index in [-0.39, 0.29) is 0 Å². The lowest BCUT2D eigenvalue weighted by molar-refractivity contribution is -0.322. The first-order valence-electron chi connectivity index (χ1n) is 15.6. The second kappa shape index (κ2) is 17.7. The Bertz CT molecular complexity index is 961. The molecule has 2 aliphatic heterocycles. The highest BCUT2D eigenvalue weighted by Gasteiger charge is 2.47. The fourth-order valence-electron chi connectivity index (χ4n) is 5.28. The van der Waals surface area contributed by atoms with Gasteiger partial charge >= 0.3 is 0 Å². The summed E-state index contributed by atoms with van der Waals surface area (Å²) in [5, 5.41) is 90.3. The van der Waals surface area contributed by atoms with Crippen molar-refractivity contribution in [3.8, 4) is 0 Å². The Morgan fingerprint density at radius 1 is 0.756 bits per heavy atom. The maximum atomic E-state index is 10.7. The Labute approximate surface area is 266 Å². The summed E-state index contributed by atoms with van der Waals surface area (Å²) in [6.07, 6.45) is -5.15. The zero-order valence-electron chi connectivity index (χ0n) is 27.1. The Kier molecular flexibility index (Phi) is 15.7. The summed E-state index contributed by atoms with van der Waals surface area (Å²) in [5.41, 5.74) is 0.0146. The van der Waals surface area contributed by atoms with Crippen molar-refractivity contribution < 1.29 is 64.9 Å². The monoisotopic (exact) mass is 648 g/mol. The average Bonchev–Trinajstić information content (AvgIpc) is 2.98. The van der Waals surface area contributed by atoms with E-state index in [1.807, 2.05) is 13.8 Å². The highest BCUT2D eigenvalue weighted by molar-refractivity contribution is 5.06. The summed E-state index contributed by atoms with van der Waals surface area (Å²) in [4.78, 5) is 0. The van der Waals surface area contributed by atoms with E-state index in [0.717, 1.165) is 24.0 Å². The van der Waals surface area contributed by atoms with Crippen LogP contribution in [0.1, 0.15) is 73.1 Å². The smallest absolute Gasteiger partial charge is 0.187 e. The molecule has 2 aliphatic rings. The van der Waals surface area contributed by atoms with Crippen molar-refractivity contribution in [2.75, 3.05) is 13.2 Å². The molecule has 262 valence electrons. The van der Waals surface area contributed by atoms with Gasteiger partial charge in [0.1, 0.15) is 48.8 Å². The predicted molar refractivity (Wildman–Crippen MR) is 164 cm³/mol. The number of rotatable bonds is 17. The number of hydrogen-bond acceptors (Lipinski definition) is 13. The van der Waals surface area contributed by atoms with Crippen LogP contribution >= 0.6 is 0 Å². The molecule has 13 nitrogen and oxygen atoms in total. The van der Waals surface area contributed by atoms with E-state index >= 15 is 0 Å². The van der Waals surface area contributed by atoms with Crippen LogP contribution in [0.15, 0.2) is 36.0 Å². The van der Waals surface area contributed by atoms with E-state index in [1.165, 1.54) is 0 Å². The molecule has 0 radical (unpaired) electrons. The summed E-state index contributed by atoms with van der Waals surface area (Å²) >= 11 is 0. The van der Waals surface area contributed by atoms with E-state index in [0.29, 0.717) is 25.7 Å². The van der Waals surface area contributed by atoms with Gasteiger partial charge in [-0.3, -0.25) is 0 Å². The van der Waals surface area contributed by atoms with Gasteiger partial charge in [-0.05, 0) is 73.1 Å². The molecule has 0 aromatic rings. The molecule has 0 aromatic heterocycles. The van der Waals surface area contributed by atoms with Crippen LogP contribution in [0.4, 0.5) is 0 Å². The van der Waals surface area contributed by atoms with Crippen molar-refractivity contribution in [1.82, 2.24) is 0 Å². The van der Waals surface area contributed by atoms with Crippen molar-refractivity contribution in [3.63, 3.8) is 0 Å². The molecule has 45 heavy (non-hydrogen) atoms. The Balaban J connectivity index is 1.86. The first kappa shape index (κ1) is 39.9. The van der Waals surface area contributed by atoms with E-state index in [4.69, 9.17) is 18.9 Å². The van der Waals surface area contributed by atoms with Crippen LogP contribution in [0.2, 0.25) is 0 Å². The van der Waals surface area contributed by atoms with Crippen LogP contribution in [-0.4, -0.2) is 138 Å². The molecular formula is C32H56O13. The van der Waals surface area contributed by atoms with Crippen LogP contribution in [0.3, 0.4) is 0 Å². The van der Waals surface area contributed by atoms with Crippen LogP contribution < -0.4 is 0 Å². The van der Waals surface area contributed by atoms with E-state index < -0.39 is 91.9 Å². The average molecular weight is 649 g/mol. The third-order valence-electron chi connectivity index (χ3n) is 8.57. The van der Waals surface area contributed by atoms with Crippen LogP contribution in [-0.2, 0) is 18.9 Å². The third kappa shape index (κ3) is 11.4. The molecule has 0 saturated carbocycles. The minimum absolute atomic E-state index is 0.393. The fourth-order valence-corrected chi connectivity index (χ4v) is 5.28. The van der Waals surface area contributed by atoms with Crippen molar-refractivity contribution in [2.45, 2.75) is 152 Å². The predicted octanol–water partition coefficient (Wildman–Crippen LogP) is -0.0632. The standard InChI is InChI=1S/C32H56O13/c1-7-32(6,45-30-28(40)26(38)24(36)21(17-34)43-30)15-9-12-18(2)10-8-11-19(3)13-14-22(31(4,5)41)44-29-27(39)25(37)23(35)20(16-33)42-29/h7,11-12,20-30,33-41H,1,8-10,13-17H2,2-6H3/b18-12+,19-11+. The van der Waals surface area contributed by atoms with E-state index in [9.17, 15) is 46.0 Å². The molecule has 2 fully saturated rings. The van der Waals surface area contributed by atoms with Crippen LogP contribution in [0.5, 0.6) is 0 Å². The molecule has 0 aliphatic carbocycles. The normalized spacial score (nSPS) is 35.6. The van der Waals surface area contributed by atoms with Gasteiger partial charge in [-0.15, -0.1) is 6.58 Å². The maximum absolute atomic E-state index is 10.7. The zero-order valence-corrected chi connectivity index (χ0v) is 27.1. The van der Waals surface area contributed by atoms with Gasteiger partial charge in [-0.2, -0.15) is 0 Å². The Hall–Kier alpha value is -1.30. The maximum Gasteiger partial charge on any atom is 0.187 e. The lowest BCUT2D eigenvalue weighted by Crippen LogP contribution is -2.60. The number of aliphatic hydroxyl groups excluding tert-OH is 8. The largest absolute Gasteiger partial charge is 0.394 e. The van der Waals surface area contributed by atoms with Gasteiger partial charge in [-0.1, -0.05) is 29.4 Å². The lowest BCUT2D eigenvalue weighted by Gasteiger charge is -2.42. The molecule has 9 N–H and O–H groups in total. The molecule has 2 rings (SSSR count). The molecule has 12 atom stereocenters. The highest BCUT2D eigenvalue weighted by atomic mass is 16.7. The van der Waals surface area contributed by atoms with Gasteiger partial charge in [-0.25, -0.2) is 0 Å². The first-order chi connectivity index (χ1) is 21.0. The topological polar surface area (TPSA) is 219 Å². The molecule has 0 spiro atoms. The van der Waals surface area contributed by atoms with Gasteiger partial charge in [0.05, 0.1) is 30.5 Å². The molecule has 12 unspecified atom stereocenters. The Morgan fingerprint density at radius 3 is 1.76 bits per heavy atom. The second-order valence-electron chi connectivity index (χ2n) is 13.0. The number of ether oxygens (including phenoxy) is 4. The van der Waals surface area contributed by atoms with Gasteiger partial charge in [0, 0.05) is 0 Å². The number of allylic oxidation sites excluding steroid dienone is 4. The van der Waals surface area contributed by atoms with Gasteiger partial charge in [0.15, 0.2) is 12.6 Å². The molecule has 2 heterocycles.